The summed E-state index contributed by atoms with van der Waals surface area (Å²) in [6.07, 6.45) is 0. The third-order valence-electron chi connectivity index (χ3n) is 1.02. The van der Waals surface area contributed by atoms with Crippen LogP contribution < -0.4 is 172 Å². The zero-order valence-corrected chi connectivity index (χ0v) is 22.0. The molecule has 0 amide bonds. The fourth-order valence-corrected chi connectivity index (χ4v) is 1.35. The molecule has 0 radical (unpaired) electrons. The summed E-state index contributed by atoms with van der Waals surface area (Å²) in [5, 5.41) is 6.38. The maximum Gasteiger partial charge on any atom is 1.00 e. The van der Waals surface area contributed by atoms with Crippen molar-refractivity contribution in [1.82, 2.24) is 0 Å². The zero-order valence-electron chi connectivity index (χ0n) is 10.3. The normalized spacial score (nSPS) is 10.4. The molecule has 0 heterocycles. The van der Waals surface area contributed by atoms with E-state index in [4.69, 9.17) is 0 Å². The quantitative estimate of drug-likeness (QED) is 0.362. The van der Waals surface area contributed by atoms with E-state index in [1.165, 1.54) is 0 Å². The summed E-state index contributed by atoms with van der Waals surface area (Å²) < 4.78 is 19.8. The van der Waals surface area contributed by atoms with E-state index in [1.54, 1.807) is 0 Å². The molecular weight excluding hydrogens is 313 g/mol. The molecule has 68 valence electrons. The standard InChI is InChI=1S/C2H7O7P2.5Na/c1-2(3,10(4,5)6)11(7,8)9;;;;;/h1H3,(H2,4,5,6)(H2,7,8,9);;;;;/q-1;5*+1/p-4. The molecule has 0 spiro atoms. The van der Waals surface area contributed by atoms with Crippen LogP contribution in [0, 0.1) is 0 Å². The average Bonchev–Trinajstić information content (AvgIpc) is 1.58. The molecule has 0 aliphatic rings. The second-order valence-electron chi connectivity index (χ2n) is 1.93. The maximum atomic E-state index is 10.4. The van der Waals surface area contributed by atoms with E-state index in [1.807, 2.05) is 0 Å². The fraction of sp³-hybridized carbons (Fsp3) is 1.00. The van der Waals surface area contributed by atoms with Gasteiger partial charge < -0.3 is 33.8 Å². The van der Waals surface area contributed by atoms with E-state index < -0.39 is 20.3 Å². The van der Waals surface area contributed by atoms with Crippen molar-refractivity contribution >= 4 is 15.2 Å². The van der Waals surface area contributed by atoms with Gasteiger partial charge >= 0.3 is 148 Å². The van der Waals surface area contributed by atoms with E-state index in [0.29, 0.717) is 0 Å². The molecule has 0 bridgehead atoms. The predicted molar refractivity (Wildman–Crippen MR) is 23.6 cm³/mol. The Morgan fingerprint density at radius 2 is 0.875 bits per heavy atom. The Bertz CT molecular complexity index is 221. The van der Waals surface area contributed by atoms with Crippen LogP contribution in [0.3, 0.4) is 0 Å². The number of hydrogen-bond acceptors (Lipinski definition) is 7. The van der Waals surface area contributed by atoms with Crippen molar-refractivity contribution in [3.05, 3.63) is 0 Å². The van der Waals surface area contributed by atoms with Gasteiger partial charge in [-0.05, 0) is 0 Å². The van der Waals surface area contributed by atoms with E-state index in [-0.39, 0.29) is 155 Å². The molecule has 0 unspecified atom stereocenters. The molecule has 0 aromatic heterocycles. The summed E-state index contributed by atoms with van der Waals surface area (Å²) in [6, 6.07) is 0. The molecule has 0 aromatic rings. The summed E-state index contributed by atoms with van der Waals surface area (Å²) in [7, 11) is -11.9. The van der Waals surface area contributed by atoms with E-state index in [2.05, 4.69) is 0 Å². The minimum absolute atomic E-state index is 0. The Kier molecular flexibility index (Phi) is 32.5. The van der Waals surface area contributed by atoms with E-state index >= 15 is 0 Å². The predicted octanol–water partition coefficient (Wildman–Crippen LogP) is -19.1. The van der Waals surface area contributed by atoms with Crippen molar-refractivity contribution in [3.63, 3.8) is 0 Å². The van der Waals surface area contributed by atoms with Crippen LogP contribution in [0.1, 0.15) is 6.92 Å². The Hall–Kier alpha value is 5.26. The van der Waals surface area contributed by atoms with Crippen LogP contribution in [0.25, 0.3) is 0 Å². The molecule has 16 heavy (non-hydrogen) atoms. The van der Waals surface area contributed by atoms with Crippen LogP contribution in [0.2, 0.25) is 0 Å². The van der Waals surface area contributed by atoms with Gasteiger partial charge in [-0.3, -0.25) is 0 Å². The monoisotopic (exact) mass is 316 g/mol. The molecule has 0 aliphatic heterocycles. The smallest absolute Gasteiger partial charge is 0.842 e. The first kappa shape index (κ1) is 37.5. The molecule has 0 saturated heterocycles. The first-order valence-corrected chi connectivity index (χ1v) is 5.33. The molecule has 0 rings (SSSR count). The molecule has 0 saturated carbocycles. The molecule has 0 N–H and O–H groups in total. The molecule has 0 aliphatic carbocycles. The van der Waals surface area contributed by atoms with E-state index in [0.717, 1.165) is 0 Å². The van der Waals surface area contributed by atoms with Gasteiger partial charge in [-0.25, -0.2) is 0 Å². The van der Waals surface area contributed by atoms with Crippen molar-refractivity contribution in [2.45, 2.75) is 12.0 Å². The minimum Gasteiger partial charge on any atom is -0.842 e. The van der Waals surface area contributed by atoms with Crippen molar-refractivity contribution in [3.8, 4) is 0 Å². The topological polar surface area (TPSA) is 149 Å². The summed E-state index contributed by atoms with van der Waals surface area (Å²) in [5.74, 6) is 0. The number of hydrogen-bond donors (Lipinski definition) is 0. The summed E-state index contributed by atoms with van der Waals surface area (Å²) in [6.45, 7) is 0.0224. The van der Waals surface area contributed by atoms with Gasteiger partial charge in [-0.1, -0.05) is 27.2 Å². The number of rotatable bonds is 2. The SMILES string of the molecule is CC([O-])(P(=O)([O-])[O-])P(=O)([O-])[O-].[Na+].[Na+].[Na+].[Na+].[Na+]. The molecule has 0 aromatic carbocycles. The molecule has 0 fully saturated rings. The molecule has 7 nitrogen and oxygen atoms in total. The first-order chi connectivity index (χ1) is 4.50. The summed E-state index contributed by atoms with van der Waals surface area (Å²) in [4.78, 5) is 39.5. The maximum absolute atomic E-state index is 10.4. The van der Waals surface area contributed by atoms with Gasteiger partial charge in [0.05, 0.1) is 0 Å². The molecular formula is C2H3Na5O7P2. The Labute approximate surface area is 204 Å². The summed E-state index contributed by atoms with van der Waals surface area (Å²) >= 11 is 0. The Morgan fingerprint density at radius 3 is 0.875 bits per heavy atom. The van der Waals surface area contributed by atoms with Crippen LogP contribution in [-0.2, 0) is 9.13 Å². The van der Waals surface area contributed by atoms with Crippen molar-refractivity contribution in [1.29, 1.82) is 0 Å². The van der Waals surface area contributed by atoms with Gasteiger partial charge in [-0.2, -0.15) is 0 Å². The van der Waals surface area contributed by atoms with Gasteiger partial charge in [-0.15, -0.1) is 0 Å². The van der Waals surface area contributed by atoms with Crippen LogP contribution >= 0.6 is 15.2 Å². The van der Waals surface area contributed by atoms with Crippen LogP contribution in [-0.4, -0.2) is 5.08 Å². The second kappa shape index (κ2) is 13.9. The third kappa shape index (κ3) is 11.9. The van der Waals surface area contributed by atoms with Gasteiger partial charge in [0.1, 0.15) is 0 Å². The van der Waals surface area contributed by atoms with Gasteiger partial charge in [0.2, 0.25) is 0 Å². The second-order valence-corrected chi connectivity index (χ2v) is 5.98. The van der Waals surface area contributed by atoms with Gasteiger partial charge in [0.15, 0.2) is 0 Å². The van der Waals surface area contributed by atoms with Crippen molar-refractivity contribution in [2.24, 2.45) is 0 Å². The Morgan fingerprint density at radius 1 is 0.750 bits per heavy atom. The van der Waals surface area contributed by atoms with Gasteiger partial charge in [0.25, 0.3) is 0 Å². The third-order valence-corrected chi connectivity index (χ3v) is 4.52. The zero-order chi connectivity index (χ0) is 9.50. The average molecular weight is 316 g/mol. The largest absolute Gasteiger partial charge is 1.00 e. The van der Waals surface area contributed by atoms with Gasteiger partial charge in [0, 0.05) is 0 Å². The Balaban J connectivity index is -0.0000000500. The van der Waals surface area contributed by atoms with Crippen molar-refractivity contribution < 1.29 is 182 Å². The van der Waals surface area contributed by atoms with Crippen LogP contribution in [0.5, 0.6) is 0 Å². The fourth-order valence-electron chi connectivity index (χ4n) is 0.150. The molecule has 14 heteroatoms. The van der Waals surface area contributed by atoms with Crippen molar-refractivity contribution in [2.75, 3.05) is 0 Å². The molecule has 0 atom stereocenters. The minimum atomic E-state index is -5.93. The van der Waals surface area contributed by atoms with E-state index in [9.17, 15) is 33.8 Å². The summed E-state index contributed by atoms with van der Waals surface area (Å²) in [5.41, 5.74) is 0. The first-order valence-electron chi connectivity index (χ1n) is 2.25. The van der Waals surface area contributed by atoms with Crippen LogP contribution in [0.4, 0.5) is 0 Å². The van der Waals surface area contributed by atoms with Crippen LogP contribution in [0.15, 0.2) is 0 Å².